The molecular formula is C18H24ClN5O2. The molecule has 2 aliphatic heterocycles. The van der Waals surface area contributed by atoms with E-state index in [1.54, 1.807) is 0 Å². The zero-order chi connectivity index (χ0) is 17.2. The molecule has 1 amide bonds. The Morgan fingerprint density at radius 3 is 3.00 bits per heavy atom. The number of nitrogens with zero attached hydrogens (tertiary/aromatic N) is 4. The molecule has 1 unspecified atom stereocenters. The fourth-order valence-corrected chi connectivity index (χ4v) is 3.55. The minimum absolute atomic E-state index is 0. The van der Waals surface area contributed by atoms with Gasteiger partial charge in [0.05, 0.1) is 6.04 Å². The maximum absolute atomic E-state index is 12.3. The highest BCUT2D eigenvalue weighted by Crippen LogP contribution is 2.27. The Morgan fingerprint density at radius 2 is 2.15 bits per heavy atom. The number of aryl methyl sites for hydroxylation is 1. The summed E-state index contributed by atoms with van der Waals surface area (Å²) in [4.78, 5) is 20.9. The summed E-state index contributed by atoms with van der Waals surface area (Å²) in [5.41, 5.74) is 2.23. The zero-order valence-electron chi connectivity index (χ0n) is 14.9. The van der Waals surface area contributed by atoms with Crippen LogP contribution in [0.3, 0.4) is 0 Å². The van der Waals surface area contributed by atoms with Crippen LogP contribution in [-0.4, -0.2) is 54.2 Å². The van der Waals surface area contributed by atoms with Crippen molar-refractivity contribution < 1.29 is 9.32 Å². The van der Waals surface area contributed by atoms with Crippen molar-refractivity contribution in [3.8, 4) is 0 Å². The molecule has 1 aromatic carbocycles. The Kier molecular flexibility index (Phi) is 5.90. The van der Waals surface area contributed by atoms with Crippen molar-refractivity contribution in [1.29, 1.82) is 0 Å². The second-order valence-electron chi connectivity index (χ2n) is 6.67. The molecule has 2 aromatic rings. The lowest BCUT2D eigenvalue weighted by molar-refractivity contribution is -0.118. The summed E-state index contributed by atoms with van der Waals surface area (Å²) in [6.07, 6.45) is 1.94. The highest BCUT2D eigenvalue weighted by atomic mass is 35.5. The average molecular weight is 378 g/mol. The predicted octanol–water partition coefficient (Wildman–Crippen LogP) is 1.59. The summed E-state index contributed by atoms with van der Waals surface area (Å²) in [6, 6.07) is 8.23. The summed E-state index contributed by atoms with van der Waals surface area (Å²) in [5, 5.41) is 7.50. The van der Waals surface area contributed by atoms with E-state index >= 15 is 0 Å². The van der Waals surface area contributed by atoms with Gasteiger partial charge in [0.25, 0.3) is 0 Å². The van der Waals surface area contributed by atoms with E-state index in [1.807, 2.05) is 23.1 Å². The number of amides is 1. The predicted molar refractivity (Wildman–Crippen MR) is 101 cm³/mol. The summed E-state index contributed by atoms with van der Waals surface area (Å²) < 4.78 is 5.43. The summed E-state index contributed by atoms with van der Waals surface area (Å²) >= 11 is 0. The first-order valence-corrected chi connectivity index (χ1v) is 8.84. The molecule has 2 aliphatic rings. The number of piperazine rings is 1. The average Bonchev–Trinajstić information content (AvgIpc) is 3.10. The molecule has 140 valence electrons. The first-order chi connectivity index (χ1) is 12.2. The van der Waals surface area contributed by atoms with Crippen LogP contribution in [0.25, 0.3) is 0 Å². The lowest BCUT2D eigenvalue weighted by Crippen LogP contribution is -2.44. The second-order valence-corrected chi connectivity index (χ2v) is 6.67. The maximum Gasteiger partial charge on any atom is 0.228 e. The number of hydrogen-bond donors (Lipinski definition) is 1. The molecule has 1 atom stereocenters. The molecule has 8 heteroatoms. The van der Waals surface area contributed by atoms with E-state index in [1.165, 1.54) is 5.56 Å². The fraction of sp³-hybridized carbons (Fsp3) is 0.500. The highest BCUT2D eigenvalue weighted by Gasteiger charge is 2.27. The fourth-order valence-electron chi connectivity index (χ4n) is 3.55. The van der Waals surface area contributed by atoms with Crippen LogP contribution in [0.15, 0.2) is 28.8 Å². The summed E-state index contributed by atoms with van der Waals surface area (Å²) in [6.45, 7) is 3.34. The van der Waals surface area contributed by atoms with Crippen molar-refractivity contribution in [3.63, 3.8) is 0 Å². The number of aromatic nitrogens is 2. The zero-order valence-corrected chi connectivity index (χ0v) is 15.7. The third kappa shape index (κ3) is 3.75. The Balaban J connectivity index is 0.00000196. The maximum atomic E-state index is 12.3. The van der Waals surface area contributed by atoms with E-state index < -0.39 is 0 Å². The van der Waals surface area contributed by atoms with Gasteiger partial charge in [0.15, 0.2) is 5.82 Å². The van der Waals surface area contributed by atoms with Crippen LogP contribution in [0.1, 0.15) is 29.7 Å². The van der Waals surface area contributed by atoms with Crippen molar-refractivity contribution in [3.05, 3.63) is 41.5 Å². The largest absolute Gasteiger partial charge is 0.339 e. The molecule has 7 nitrogen and oxygen atoms in total. The molecule has 0 spiro atoms. The lowest BCUT2D eigenvalue weighted by Gasteiger charge is -2.30. The van der Waals surface area contributed by atoms with Gasteiger partial charge in [-0.3, -0.25) is 9.69 Å². The second kappa shape index (κ2) is 8.16. The van der Waals surface area contributed by atoms with Gasteiger partial charge in [0.2, 0.25) is 11.8 Å². The molecule has 3 heterocycles. The van der Waals surface area contributed by atoms with E-state index in [2.05, 4.69) is 33.5 Å². The molecular weight excluding hydrogens is 354 g/mol. The van der Waals surface area contributed by atoms with Crippen LogP contribution in [0, 0.1) is 0 Å². The minimum atomic E-state index is 0. The summed E-state index contributed by atoms with van der Waals surface area (Å²) in [7, 11) is 2.07. The smallest absolute Gasteiger partial charge is 0.228 e. The third-order valence-corrected chi connectivity index (χ3v) is 5.03. The normalized spacial score (nSPS) is 20.6. The molecule has 1 N–H and O–H groups in total. The van der Waals surface area contributed by atoms with Gasteiger partial charge in [-0.25, -0.2) is 0 Å². The number of likely N-dealkylation sites (N-methyl/N-ethyl adjacent to an activating group) is 1. The van der Waals surface area contributed by atoms with Gasteiger partial charge in [0, 0.05) is 44.7 Å². The number of anilines is 1. The van der Waals surface area contributed by atoms with Gasteiger partial charge in [-0.15, -0.1) is 12.4 Å². The van der Waals surface area contributed by atoms with Crippen LogP contribution in [0.2, 0.25) is 0 Å². The van der Waals surface area contributed by atoms with E-state index in [-0.39, 0.29) is 24.4 Å². The number of halogens is 1. The molecule has 1 saturated heterocycles. The first-order valence-electron chi connectivity index (χ1n) is 8.84. The molecule has 0 radical (unpaired) electrons. The SMILES string of the molecule is CN1CCNCC1c1noc(CCN2C(=O)CCc3ccccc32)n1.Cl. The van der Waals surface area contributed by atoms with Gasteiger partial charge in [-0.1, -0.05) is 23.4 Å². The van der Waals surface area contributed by atoms with Crippen molar-refractivity contribution in [2.45, 2.75) is 25.3 Å². The van der Waals surface area contributed by atoms with Gasteiger partial charge in [-0.2, -0.15) is 4.98 Å². The van der Waals surface area contributed by atoms with Gasteiger partial charge >= 0.3 is 0 Å². The van der Waals surface area contributed by atoms with E-state index in [4.69, 9.17) is 4.52 Å². The van der Waals surface area contributed by atoms with Crippen LogP contribution in [0.4, 0.5) is 5.69 Å². The molecule has 0 saturated carbocycles. The molecule has 1 fully saturated rings. The van der Waals surface area contributed by atoms with Gasteiger partial charge < -0.3 is 14.7 Å². The van der Waals surface area contributed by atoms with Crippen molar-refractivity contribution in [2.24, 2.45) is 0 Å². The number of carbonyl (C=O) groups is 1. The Labute approximate surface area is 159 Å². The van der Waals surface area contributed by atoms with E-state index in [9.17, 15) is 4.79 Å². The van der Waals surface area contributed by atoms with Gasteiger partial charge in [0.1, 0.15) is 0 Å². The number of para-hydroxylation sites is 1. The first kappa shape index (κ1) is 18.8. The van der Waals surface area contributed by atoms with Crippen LogP contribution < -0.4 is 10.2 Å². The lowest BCUT2D eigenvalue weighted by atomic mass is 10.0. The Hall–Kier alpha value is -1.96. The topological polar surface area (TPSA) is 74.5 Å². The van der Waals surface area contributed by atoms with E-state index in [0.717, 1.165) is 37.6 Å². The molecule has 0 bridgehead atoms. The number of carbonyl (C=O) groups excluding carboxylic acids is 1. The van der Waals surface area contributed by atoms with Crippen molar-refractivity contribution in [1.82, 2.24) is 20.4 Å². The third-order valence-electron chi connectivity index (χ3n) is 5.03. The highest BCUT2D eigenvalue weighted by molar-refractivity contribution is 5.96. The monoisotopic (exact) mass is 377 g/mol. The molecule has 26 heavy (non-hydrogen) atoms. The number of hydrogen-bond acceptors (Lipinski definition) is 6. The standard InChI is InChI=1S/C18H23N5O2.ClH/c1-22-11-9-19-12-15(22)18-20-16(25-21-18)8-10-23-14-5-3-2-4-13(14)6-7-17(23)24;/h2-5,15,19H,6-12H2,1H3;1H. The number of rotatable bonds is 4. The van der Waals surface area contributed by atoms with Crippen molar-refractivity contribution in [2.75, 3.05) is 38.1 Å². The molecule has 0 aliphatic carbocycles. The Morgan fingerprint density at radius 1 is 1.31 bits per heavy atom. The van der Waals surface area contributed by atoms with Crippen LogP contribution >= 0.6 is 12.4 Å². The summed E-state index contributed by atoms with van der Waals surface area (Å²) in [5.74, 6) is 1.47. The number of nitrogens with one attached hydrogen (secondary N) is 1. The van der Waals surface area contributed by atoms with Crippen LogP contribution in [0.5, 0.6) is 0 Å². The molecule has 4 rings (SSSR count). The Bertz CT molecular complexity index is 766. The number of benzene rings is 1. The number of fused-ring (bicyclic) bond motifs is 1. The van der Waals surface area contributed by atoms with Crippen LogP contribution in [-0.2, 0) is 17.6 Å². The van der Waals surface area contributed by atoms with E-state index in [0.29, 0.717) is 25.3 Å². The van der Waals surface area contributed by atoms with Crippen molar-refractivity contribution >= 4 is 24.0 Å². The molecule has 1 aromatic heterocycles. The van der Waals surface area contributed by atoms with Gasteiger partial charge in [-0.05, 0) is 25.1 Å². The minimum Gasteiger partial charge on any atom is -0.339 e. The quantitative estimate of drug-likeness (QED) is 0.872.